The summed E-state index contributed by atoms with van der Waals surface area (Å²) in [6.07, 6.45) is 6.25. The maximum Gasteiger partial charge on any atom is 0.408 e. The number of carbonyl (C=O) groups is 3. The average molecular weight is 518 g/mol. The molecule has 0 saturated carbocycles. The number of hydrogen-bond acceptors (Lipinski definition) is 4. The lowest BCUT2D eigenvalue weighted by molar-refractivity contribution is -0.142. The fourth-order valence-corrected chi connectivity index (χ4v) is 4.28. The summed E-state index contributed by atoms with van der Waals surface area (Å²) < 4.78 is 5.36. The van der Waals surface area contributed by atoms with Gasteiger partial charge in [0, 0.05) is 12.6 Å². The number of amides is 3. The first-order valence-electron chi connectivity index (χ1n) is 14.0. The molecule has 0 aliphatic rings. The highest BCUT2D eigenvalue weighted by Crippen LogP contribution is 2.26. The van der Waals surface area contributed by atoms with Crippen LogP contribution in [0.15, 0.2) is 18.2 Å². The van der Waals surface area contributed by atoms with Crippen LogP contribution in [0.25, 0.3) is 0 Å². The van der Waals surface area contributed by atoms with Crippen molar-refractivity contribution >= 4 is 17.9 Å². The first-order chi connectivity index (χ1) is 17.3. The van der Waals surface area contributed by atoms with Crippen LogP contribution in [-0.4, -0.2) is 47.0 Å². The van der Waals surface area contributed by atoms with E-state index in [4.69, 9.17) is 4.74 Å². The quantitative estimate of drug-likeness (QED) is 0.281. The highest BCUT2D eigenvalue weighted by Gasteiger charge is 2.35. The van der Waals surface area contributed by atoms with Crippen LogP contribution in [0.4, 0.5) is 4.79 Å². The molecule has 3 atom stereocenters. The second-order valence-corrected chi connectivity index (χ2v) is 11.3. The number of nitrogens with zero attached hydrogens (tertiary/aromatic N) is 1. The van der Waals surface area contributed by atoms with Crippen LogP contribution in [0.5, 0.6) is 0 Å². The van der Waals surface area contributed by atoms with E-state index in [2.05, 4.69) is 24.5 Å². The fourth-order valence-electron chi connectivity index (χ4n) is 4.28. The molecule has 0 aliphatic heterocycles. The Morgan fingerprint density at radius 3 is 2.14 bits per heavy atom. The Morgan fingerprint density at radius 1 is 0.919 bits per heavy atom. The van der Waals surface area contributed by atoms with Crippen molar-refractivity contribution in [2.24, 2.45) is 0 Å². The number of ether oxygens (including phenoxy) is 1. The summed E-state index contributed by atoms with van der Waals surface area (Å²) in [5.41, 5.74) is 2.28. The molecule has 0 saturated heterocycles. The van der Waals surface area contributed by atoms with Crippen molar-refractivity contribution in [3.8, 4) is 0 Å². The van der Waals surface area contributed by atoms with Crippen molar-refractivity contribution in [1.29, 1.82) is 0 Å². The Balaban J connectivity index is 3.36. The molecule has 1 aromatic carbocycles. The number of nitrogens with one attached hydrogen (secondary N) is 2. The lowest BCUT2D eigenvalue weighted by atomic mass is 9.97. The van der Waals surface area contributed by atoms with Crippen LogP contribution < -0.4 is 10.6 Å². The zero-order valence-electron chi connectivity index (χ0n) is 24.7. The van der Waals surface area contributed by atoms with Gasteiger partial charge in [-0.1, -0.05) is 64.2 Å². The summed E-state index contributed by atoms with van der Waals surface area (Å²) in [4.78, 5) is 41.6. The van der Waals surface area contributed by atoms with Gasteiger partial charge in [-0.15, -0.1) is 0 Å². The van der Waals surface area contributed by atoms with E-state index in [1.165, 1.54) is 0 Å². The molecule has 37 heavy (non-hydrogen) atoms. The first-order valence-corrected chi connectivity index (χ1v) is 14.0. The van der Waals surface area contributed by atoms with E-state index in [9.17, 15) is 14.4 Å². The molecule has 7 nitrogen and oxygen atoms in total. The van der Waals surface area contributed by atoms with Gasteiger partial charge in [0.25, 0.3) is 0 Å². The third-order valence-corrected chi connectivity index (χ3v) is 6.41. The molecule has 3 amide bonds. The summed E-state index contributed by atoms with van der Waals surface area (Å²) in [6.45, 7) is 17.7. The van der Waals surface area contributed by atoms with Crippen molar-refractivity contribution < 1.29 is 19.1 Å². The van der Waals surface area contributed by atoms with Crippen LogP contribution in [0.2, 0.25) is 0 Å². The second kappa shape index (κ2) is 15.6. The molecule has 1 rings (SSSR count). The molecule has 210 valence electrons. The Morgan fingerprint density at radius 2 is 1.57 bits per heavy atom. The predicted molar refractivity (Wildman–Crippen MR) is 150 cm³/mol. The molecule has 0 radical (unpaired) electrons. The number of benzene rings is 1. The van der Waals surface area contributed by atoms with Crippen molar-refractivity contribution in [2.75, 3.05) is 6.54 Å². The van der Waals surface area contributed by atoms with Crippen LogP contribution in [0.3, 0.4) is 0 Å². The largest absolute Gasteiger partial charge is 0.444 e. The van der Waals surface area contributed by atoms with Gasteiger partial charge in [-0.25, -0.2) is 4.79 Å². The van der Waals surface area contributed by atoms with Crippen LogP contribution in [-0.2, 0) is 14.3 Å². The Kier molecular flexibility index (Phi) is 13.7. The Bertz CT molecular complexity index is 878. The molecular formula is C30H51N3O4. The average Bonchev–Trinajstić information content (AvgIpc) is 2.78. The number of rotatable bonds is 14. The number of hydrogen-bond donors (Lipinski definition) is 2. The molecule has 0 fully saturated rings. The van der Waals surface area contributed by atoms with Gasteiger partial charge in [-0.05, 0) is 78.0 Å². The summed E-state index contributed by atoms with van der Waals surface area (Å²) in [7, 11) is 0. The minimum Gasteiger partial charge on any atom is -0.444 e. The van der Waals surface area contributed by atoms with E-state index in [0.29, 0.717) is 6.54 Å². The summed E-state index contributed by atoms with van der Waals surface area (Å²) >= 11 is 0. The Labute approximate surface area is 225 Å². The van der Waals surface area contributed by atoms with Crippen LogP contribution >= 0.6 is 0 Å². The zero-order valence-corrected chi connectivity index (χ0v) is 24.7. The first kappa shape index (κ1) is 32.5. The third kappa shape index (κ3) is 11.6. The van der Waals surface area contributed by atoms with E-state index in [0.717, 1.165) is 61.6 Å². The minimum atomic E-state index is -0.847. The van der Waals surface area contributed by atoms with Crippen molar-refractivity contribution in [3.05, 3.63) is 34.9 Å². The van der Waals surface area contributed by atoms with Crippen LogP contribution in [0.1, 0.15) is 116 Å². The molecule has 0 aromatic heterocycles. The number of alkyl carbamates (subject to hydrolysis) is 1. The maximum atomic E-state index is 13.8. The van der Waals surface area contributed by atoms with Gasteiger partial charge in [-0.3, -0.25) is 9.59 Å². The second-order valence-electron chi connectivity index (χ2n) is 11.3. The topological polar surface area (TPSA) is 87.7 Å². The van der Waals surface area contributed by atoms with Gasteiger partial charge in [-0.2, -0.15) is 0 Å². The lowest BCUT2D eigenvalue weighted by Gasteiger charge is -2.34. The van der Waals surface area contributed by atoms with Crippen LogP contribution in [0, 0.1) is 13.8 Å². The zero-order chi connectivity index (χ0) is 28.2. The molecule has 0 bridgehead atoms. The summed E-state index contributed by atoms with van der Waals surface area (Å²) in [5, 5.41) is 5.80. The van der Waals surface area contributed by atoms with E-state index < -0.39 is 23.8 Å². The summed E-state index contributed by atoms with van der Waals surface area (Å²) in [6, 6.07) is 4.27. The van der Waals surface area contributed by atoms with Crippen molar-refractivity contribution in [2.45, 2.75) is 131 Å². The standard InChI is InChI=1S/C30H51N3O4/c1-10-12-13-14-15-19-33(28(35)24(6)32-29(36)37-30(7,8)9)26(27(34)31-23(5)16-11-2)25-18-17-21(3)22(4)20-25/h17-18,20,23-24,26H,10-16,19H2,1-9H3,(H,31,34)(H,32,36). The van der Waals surface area contributed by atoms with Crippen molar-refractivity contribution in [3.63, 3.8) is 0 Å². The molecule has 3 unspecified atom stereocenters. The van der Waals surface area contributed by atoms with Gasteiger partial charge in [0.15, 0.2) is 0 Å². The third-order valence-electron chi connectivity index (χ3n) is 6.41. The fraction of sp³-hybridized carbons (Fsp3) is 0.700. The normalized spacial score (nSPS) is 13.9. The SMILES string of the molecule is CCCCCCCN(C(=O)C(C)NC(=O)OC(C)(C)C)C(C(=O)NC(C)CCC)c1ccc(C)c(C)c1. The molecule has 1 aromatic rings. The number of carbonyl (C=O) groups excluding carboxylic acids is 3. The van der Waals surface area contributed by atoms with Gasteiger partial charge in [0.05, 0.1) is 0 Å². The molecule has 2 N–H and O–H groups in total. The van der Waals surface area contributed by atoms with Crippen molar-refractivity contribution in [1.82, 2.24) is 15.5 Å². The predicted octanol–water partition coefficient (Wildman–Crippen LogP) is 6.36. The number of aryl methyl sites for hydroxylation is 2. The Hall–Kier alpha value is -2.57. The van der Waals surface area contributed by atoms with E-state index in [1.54, 1.807) is 32.6 Å². The lowest BCUT2D eigenvalue weighted by Crippen LogP contribution is -2.52. The van der Waals surface area contributed by atoms with E-state index >= 15 is 0 Å². The molecule has 7 heteroatoms. The van der Waals surface area contributed by atoms with Gasteiger partial charge in [0.2, 0.25) is 11.8 Å². The van der Waals surface area contributed by atoms with E-state index in [-0.39, 0.29) is 17.9 Å². The smallest absolute Gasteiger partial charge is 0.408 e. The summed E-state index contributed by atoms with van der Waals surface area (Å²) in [5.74, 6) is -0.501. The van der Waals surface area contributed by atoms with Gasteiger partial charge in [0.1, 0.15) is 17.7 Å². The molecule has 0 heterocycles. The number of unbranched alkanes of at least 4 members (excludes halogenated alkanes) is 4. The molecular weight excluding hydrogens is 466 g/mol. The highest BCUT2D eigenvalue weighted by atomic mass is 16.6. The maximum absolute atomic E-state index is 13.8. The highest BCUT2D eigenvalue weighted by molar-refractivity contribution is 5.92. The van der Waals surface area contributed by atoms with Gasteiger partial charge < -0.3 is 20.3 Å². The molecule has 0 aliphatic carbocycles. The molecule has 0 spiro atoms. The van der Waals surface area contributed by atoms with Gasteiger partial charge >= 0.3 is 6.09 Å². The monoisotopic (exact) mass is 517 g/mol. The minimum absolute atomic E-state index is 0.00892. The van der Waals surface area contributed by atoms with E-state index in [1.807, 2.05) is 39.0 Å².